The second-order valence-corrected chi connectivity index (χ2v) is 8.28. The summed E-state index contributed by atoms with van der Waals surface area (Å²) >= 11 is 0. The van der Waals surface area contributed by atoms with E-state index in [0.717, 1.165) is 12.8 Å². The molecule has 0 bridgehead atoms. The van der Waals surface area contributed by atoms with E-state index in [1.807, 2.05) is 0 Å². The lowest BCUT2D eigenvalue weighted by Crippen LogP contribution is -2.20. The summed E-state index contributed by atoms with van der Waals surface area (Å²) in [7, 11) is 0. The quantitative estimate of drug-likeness (QED) is 0.287. The van der Waals surface area contributed by atoms with Gasteiger partial charge in [-0.25, -0.2) is 0 Å². The van der Waals surface area contributed by atoms with Gasteiger partial charge in [-0.2, -0.15) is 0 Å². The second kappa shape index (κ2) is 12.8. The third kappa shape index (κ3) is 8.33. The topological polar surface area (TPSA) is 0 Å². The highest BCUT2D eigenvalue weighted by molar-refractivity contribution is 5.18. The van der Waals surface area contributed by atoms with Crippen molar-refractivity contribution < 1.29 is 0 Å². The van der Waals surface area contributed by atoms with Crippen molar-refractivity contribution in [2.24, 2.45) is 17.8 Å². The van der Waals surface area contributed by atoms with Gasteiger partial charge in [0.25, 0.3) is 0 Å². The first-order chi connectivity index (χ1) is 12.6. The molecule has 0 aliphatic heterocycles. The van der Waals surface area contributed by atoms with Crippen LogP contribution in [0.1, 0.15) is 78.2 Å². The van der Waals surface area contributed by atoms with E-state index in [0.29, 0.717) is 17.8 Å². The minimum atomic E-state index is 0. The fourth-order valence-corrected chi connectivity index (χ4v) is 4.20. The minimum absolute atomic E-state index is 0. The SMILES string of the molecule is C.C=C(CCCCC)CC1C(=C)CCCC1/C=C/C(C)Cc1ccccc1. The Morgan fingerprint density at radius 2 is 1.96 bits per heavy atom. The van der Waals surface area contributed by atoms with E-state index in [1.165, 1.54) is 61.7 Å². The van der Waals surface area contributed by atoms with E-state index in [2.05, 4.69) is 69.5 Å². The van der Waals surface area contributed by atoms with Gasteiger partial charge in [0.05, 0.1) is 0 Å². The summed E-state index contributed by atoms with van der Waals surface area (Å²) in [4.78, 5) is 0. The summed E-state index contributed by atoms with van der Waals surface area (Å²) < 4.78 is 0. The third-order valence-corrected chi connectivity index (χ3v) is 5.81. The number of rotatable bonds is 10. The Kier molecular flexibility index (Phi) is 11.1. The highest BCUT2D eigenvalue weighted by atomic mass is 14.3. The molecule has 3 unspecified atom stereocenters. The number of allylic oxidation sites excluding steroid dienone is 4. The van der Waals surface area contributed by atoms with Crippen LogP contribution in [0, 0.1) is 17.8 Å². The van der Waals surface area contributed by atoms with Crippen LogP contribution < -0.4 is 0 Å². The maximum Gasteiger partial charge on any atom is -0.0106 e. The van der Waals surface area contributed by atoms with Gasteiger partial charge in [-0.1, -0.05) is 101 Å². The normalized spacial score (nSPS) is 21.0. The van der Waals surface area contributed by atoms with Gasteiger partial charge in [0.15, 0.2) is 0 Å². The number of benzene rings is 1. The van der Waals surface area contributed by atoms with Gasteiger partial charge in [-0.15, -0.1) is 0 Å². The summed E-state index contributed by atoms with van der Waals surface area (Å²) in [6, 6.07) is 10.8. The average molecular weight is 367 g/mol. The van der Waals surface area contributed by atoms with Crippen LogP contribution in [-0.2, 0) is 6.42 Å². The molecule has 1 saturated carbocycles. The number of unbranched alkanes of at least 4 members (excludes halogenated alkanes) is 2. The van der Waals surface area contributed by atoms with Crippen LogP contribution in [0.15, 0.2) is 66.8 Å². The molecule has 0 heterocycles. The molecular formula is C27H42. The zero-order valence-electron chi connectivity index (χ0n) is 17.1. The van der Waals surface area contributed by atoms with Gasteiger partial charge in [-0.05, 0) is 68.3 Å². The Morgan fingerprint density at radius 1 is 1.22 bits per heavy atom. The van der Waals surface area contributed by atoms with Crippen molar-refractivity contribution in [2.75, 3.05) is 0 Å². The molecule has 1 aromatic rings. The van der Waals surface area contributed by atoms with Crippen molar-refractivity contribution in [1.82, 2.24) is 0 Å². The fraction of sp³-hybridized carbons (Fsp3) is 0.556. The van der Waals surface area contributed by atoms with Gasteiger partial charge in [0, 0.05) is 0 Å². The van der Waals surface area contributed by atoms with Crippen molar-refractivity contribution in [1.29, 1.82) is 0 Å². The summed E-state index contributed by atoms with van der Waals surface area (Å²) in [5.74, 6) is 1.84. The Balaban J connectivity index is 0.00000364. The third-order valence-electron chi connectivity index (χ3n) is 5.81. The molecule has 1 fully saturated rings. The van der Waals surface area contributed by atoms with Gasteiger partial charge >= 0.3 is 0 Å². The molecule has 0 aromatic heterocycles. The van der Waals surface area contributed by atoms with Crippen LogP contribution in [0.5, 0.6) is 0 Å². The molecule has 0 nitrogen and oxygen atoms in total. The largest absolute Gasteiger partial charge is 0.0998 e. The van der Waals surface area contributed by atoms with Crippen LogP contribution >= 0.6 is 0 Å². The van der Waals surface area contributed by atoms with Crippen LogP contribution in [0.4, 0.5) is 0 Å². The molecule has 2 rings (SSSR count). The van der Waals surface area contributed by atoms with E-state index in [1.54, 1.807) is 0 Å². The van der Waals surface area contributed by atoms with Crippen molar-refractivity contribution in [2.45, 2.75) is 79.1 Å². The highest BCUT2D eigenvalue weighted by Crippen LogP contribution is 2.39. The molecule has 0 amide bonds. The lowest BCUT2D eigenvalue weighted by Gasteiger charge is -2.32. The van der Waals surface area contributed by atoms with E-state index in [-0.39, 0.29) is 7.43 Å². The average Bonchev–Trinajstić information content (AvgIpc) is 2.63. The Labute approximate surface area is 169 Å². The molecule has 0 radical (unpaired) electrons. The monoisotopic (exact) mass is 366 g/mol. The summed E-state index contributed by atoms with van der Waals surface area (Å²) in [5.41, 5.74) is 4.32. The van der Waals surface area contributed by atoms with Gasteiger partial charge in [0.1, 0.15) is 0 Å². The summed E-state index contributed by atoms with van der Waals surface area (Å²) in [6.07, 6.45) is 16.1. The molecule has 0 saturated heterocycles. The standard InChI is InChI=1S/C26H38.CH4/c1-5-6-8-12-21(2)20-26-23(4)13-11-16-25(26)18-17-22(3)19-24-14-9-7-10-15-24;/h7,9-10,14-15,17-18,22,25-26H,2,4-6,8,11-13,16,19-20H2,1,3H3;1H4/b18-17+;. The Bertz CT molecular complexity index is 577. The Morgan fingerprint density at radius 3 is 2.67 bits per heavy atom. The molecule has 150 valence electrons. The van der Waals surface area contributed by atoms with Gasteiger partial charge in [-0.3, -0.25) is 0 Å². The van der Waals surface area contributed by atoms with Crippen molar-refractivity contribution >= 4 is 0 Å². The van der Waals surface area contributed by atoms with E-state index in [4.69, 9.17) is 0 Å². The first-order valence-electron chi connectivity index (χ1n) is 10.7. The first-order valence-corrected chi connectivity index (χ1v) is 10.7. The maximum atomic E-state index is 4.42. The Hall–Kier alpha value is -1.56. The molecular weight excluding hydrogens is 324 g/mol. The van der Waals surface area contributed by atoms with E-state index < -0.39 is 0 Å². The fourth-order valence-electron chi connectivity index (χ4n) is 4.20. The number of hydrogen-bond donors (Lipinski definition) is 0. The predicted molar refractivity (Wildman–Crippen MR) is 123 cm³/mol. The van der Waals surface area contributed by atoms with Crippen LogP contribution in [-0.4, -0.2) is 0 Å². The molecule has 1 aliphatic rings. The van der Waals surface area contributed by atoms with E-state index >= 15 is 0 Å². The predicted octanol–water partition coefficient (Wildman–Crippen LogP) is 8.56. The second-order valence-electron chi connectivity index (χ2n) is 8.28. The van der Waals surface area contributed by atoms with E-state index in [9.17, 15) is 0 Å². The molecule has 3 atom stereocenters. The van der Waals surface area contributed by atoms with Crippen LogP contribution in [0.3, 0.4) is 0 Å². The first kappa shape index (κ1) is 23.5. The zero-order chi connectivity index (χ0) is 18.8. The van der Waals surface area contributed by atoms with Crippen LogP contribution in [0.25, 0.3) is 0 Å². The molecule has 27 heavy (non-hydrogen) atoms. The molecule has 0 heteroatoms. The summed E-state index contributed by atoms with van der Waals surface area (Å²) in [5, 5.41) is 0. The lowest BCUT2D eigenvalue weighted by molar-refractivity contribution is 0.356. The maximum absolute atomic E-state index is 4.42. The van der Waals surface area contributed by atoms with Crippen LogP contribution in [0.2, 0.25) is 0 Å². The molecule has 1 aliphatic carbocycles. The molecule has 0 spiro atoms. The smallest absolute Gasteiger partial charge is 0.0106 e. The van der Waals surface area contributed by atoms with Crippen molar-refractivity contribution in [3.05, 3.63) is 72.4 Å². The summed E-state index contributed by atoms with van der Waals surface area (Å²) in [6.45, 7) is 13.4. The minimum Gasteiger partial charge on any atom is -0.0998 e. The van der Waals surface area contributed by atoms with Crippen molar-refractivity contribution in [3.8, 4) is 0 Å². The zero-order valence-corrected chi connectivity index (χ0v) is 17.1. The lowest BCUT2D eigenvalue weighted by atomic mass is 9.72. The van der Waals surface area contributed by atoms with Crippen molar-refractivity contribution in [3.63, 3.8) is 0 Å². The number of hydrogen-bond acceptors (Lipinski definition) is 0. The van der Waals surface area contributed by atoms with Gasteiger partial charge < -0.3 is 0 Å². The highest BCUT2D eigenvalue weighted by Gasteiger charge is 2.26. The molecule has 1 aromatic carbocycles. The van der Waals surface area contributed by atoms with Gasteiger partial charge in [0.2, 0.25) is 0 Å². The molecule has 0 N–H and O–H groups in total.